The summed E-state index contributed by atoms with van der Waals surface area (Å²) in [5, 5.41) is 3.25. The summed E-state index contributed by atoms with van der Waals surface area (Å²) in [7, 11) is 5.39. The molecular formula is C15H23NO2. The van der Waals surface area contributed by atoms with Crippen LogP contribution in [0.2, 0.25) is 0 Å². The number of hydrogen-bond acceptors (Lipinski definition) is 3. The first-order chi connectivity index (χ1) is 8.80. The average Bonchev–Trinajstić information content (AvgIpc) is 3.23. The monoisotopic (exact) mass is 249 g/mol. The normalized spacial score (nSPS) is 16.4. The Morgan fingerprint density at radius 2 is 1.94 bits per heavy atom. The molecule has 0 saturated heterocycles. The fourth-order valence-electron chi connectivity index (χ4n) is 2.56. The van der Waals surface area contributed by atoms with Gasteiger partial charge in [-0.15, -0.1) is 0 Å². The third-order valence-corrected chi connectivity index (χ3v) is 3.73. The lowest BCUT2D eigenvalue weighted by Crippen LogP contribution is -2.13. The summed E-state index contributed by atoms with van der Waals surface area (Å²) in [6, 6.07) is 6.33. The summed E-state index contributed by atoms with van der Waals surface area (Å²) in [5.74, 6) is 3.16. The van der Waals surface area contributed by atoms with E-state index < -0.39 is 0 Å². The smallest absolute Gasteiger partial charge is 0.160 e. The number of rotatable bonds is 7. The van der Waals surface area contributed by atoms with Crippen LogP contribution in [0.5, 0.6) is 11.5 Å². The van der Waals surface area contributed by atoms with E-state index in [0.717, 1.165) is 24.0 Å². The second-order valence-corrected chi connectivity index (χ2v) is 4.95. The van der Waals surface area contributed by atoms with Crippen LogP contribution in [0.4, 0.5) is 0 Å². The molecule has 1 saturated carbocycles. The van der Waals surface area contributed by atoms with Gasteiger partial charge in [-0.25, -0.2) is 0 Å². The van der Waals surface area contributed by atoms with Gasteiger partial charge < -0.3 is 14.8 Å². The third kappa shape index (κ3) is 2.96. The summed E-state index contributed by atoms with van der Waals surface area (Å²) in [4.78, 5) is 0. The summed E-state index contributed by atoms with van der Waals surface area (Å²) < 4.78 is 10.7. The summed E-state index contributed by atoms with van der Waals surface area (Å²) in [6.45, 7) is 1.06. The number of benzene rings is 1. The molecule has 3 heteroatoms. The van der Waals surface area contributed by atoms with Crippen LogP contribution >= 0.6 is 0 Å². The van der Waals surface area contributed by atoms with E-state index in [1.807, 2.05) is 13.1 Å². The van der Waals surface area contributed by atoms with Gasteiger partial charge in [0.2, 0.25) is 0 Å². The Balaban J connectivity index is 2.18. The van der Waals surface area contributed by atoms with Crippen LogP contribution in [-0.4, -0.2) is 27.8 Å². The maximum Gasteiger partial charge on any atom is 0.160 e. The molecule has 0 aromatic heterocycles. The number of ether oxygens (including phenoxy) is 2. The van der Waals surface area contributed by atoms with E-state index in [9.17, 15) is 0 Å². The highest BCUT2D eigenvalue weighted by atomic mass is 16.5. The van der Waals surface area contributed by atoms with E-state index in [2.05, 4.69) is 17.4 Å². The highest BCUT2D eigenvalue weighted by Gasteiger charge is 2.32. The molecule has 100 valence electrons. The molecule has 3 nitrogen and oxygen atoms in total. The molecule has 1 aromatic carbocycles. The van der Waals surface area contributed by atoms with Crippen molar-refractivity contribution in [3.63, 3.8) is 0 Å². The number of methoxy groups -OCH3 is 2. The Hall–Kier alpha value is -1.22. The van der Waals surface area contributed by atoms with Crippen molar-refractivity contribution in [3.8, 4) is 11.5 Å². The first kappa shape index (κ1) is 13.2. The highest BCUT2D eigenvalue weighted by Crippen LogP contribution is 2.45. The molecule has 18 heavy (non-hydrogen) atoms. The second kappa shape index (κ2) is 6.10. The molecule has 0 bridgehead atoms. The molecule has 1 aliphatic carbocycles. The molecule has 1 atom stereocenters. The van der Waals surface area contributed by atoms with Crippen molar-refractivity contribution in [2.24, 2.45) is 5.92 Å². The molecule has 0 amide bonds. The molecular weight excluding hydrogens is 226 g/mol. The second-order valence-electron chi connectivity index (χ2n) is 4.95. The van der Waals surface area contributed by atoms with Gasteiger partial charge in [-0.2, -0.15) is 0 Å². The van der Waals surface area contributed by atoms with Crippen molar-refractivity contribution < 1.29 is 9.47 Å². The van der Waals surface area contributed by atoms with Crippen molar-refractivity contribution in [2.75, 3.05) is 27.8 Å². The van der Waals surface area contributed by atoms with Gasteiger partial charge in [0.15, 0.2) is 11.5 Å². The van der Waals surface area contributed by atoms with Crippen LogP contribution in [0.15, 0.2) is 18.2 Å². The van der Waals surface area contributed by atoms with E-state index >= 15 is 0 Å². The molecule has 1 unspecified atom stereocenters. The summed E-state index contributed by atoms with van der Waals surface area (Å²) in [5.41, 5.74) is 1.38. The van der Waals surface area contributed by atoms with Gasteiger partial charge in [0.25, 0.3) is 0 Å². The van der Waals surface area contributed by atoms with Gasteiger partial charge >= 0.3 is 0 Å². The Bertz CT molecular complexity index is 388. The zero-order valence-electron chi connectivity index (χ0n) is 11.5. The number of hydrogen-bond donors (Lipinski definition) is 1. The molecule has 0 radical (unpaired) electrons. The SMILES string of the molecule is CNCCC(c1ccc(OC)c(OC)c1)C1CC1. The maximum atomic E-state index is 5.39. The lowest BCUT2D eigenvalue weighted by atomic mass is 9.90. The van der Waals surface area contributed by atoms with E-state index in [1.54, 1.807) is 14.2 Å². The van der Waals surface area contributed by atoms with Gasteiger partial charge in [-0.05, 0) is 62.4 Å². The molecule has 0 spiro atoms. The zero-order chi connectivity index (χ0) is 13.0. The molecule has 1 N–H and O–H groups in total. The van der Waals surface area contributed by atoms with E-state index in [1.165, 1.54) is 24.8 Å². The number of nitrogens with one attached hydrogen (secondary N) is 1. The van der Waals surface area contributed by atoms with Gasteiger partial charge in [0.05, 0.1) is 14.2 Å². The lowest BCUT2D eigenvalue weighted by Gasteiger charge is -2.18. The van der Waals surface area contributed by atoms with Crippen molar-refractivity contribution in [3.05, 3.63) is 23.8 Å². The predicted octanol–water partition coefficient (Wildman–Crippen LogP) is 2.81. The van der Waals surface area contributed by atoms with Gasteiger partial charge in [-0.1, -0.05) is 6.07 Å². The van der Waals surface area contributed by atoms with Crippen LogP contribution in [0.3, 0.4) is 0 Å². The van der Waals surface area contributed by atoms with Gasteiger partial charge in [-0.3, -0.25) is 0 Å². The lowest BCUT2D eigenvalue weighted by molar-refractivity contribution is 0.354. The molecule has 1 fully saturated rings. The first-order valence-electron chi connectivity index (χ1n) is 6.66. The van der Waals surface area contributed by atoms with Gasteiger partial charge in [0, 0.05) is 0 Å². The largest absolute Gasteiger partial charge is 0.493 e. The van der Waals surface area contributed by atoms with E-state index in [-0.39, 0.29) is 0 Å². The Labute approximate surface area is 109 Å². The van der Waals surface area contributed by atoms with Crippen LogP contribution in [0.25, 0.3) is 0 Å². The van der Waals surface area contributed by atoms with Crippen molar-refractivity contribution in [1.29, 1.82) is 0 Å². The van der Waals surface area contributed by atoms with Crippen LogP contribution in [0.1, 0.15) is 30.7 Å². The fraction of sp³-hybridized carbons (Fsp3) is 0.600. The predicted molar refractivity (Wildman–Crippen MR) is 73.6 cm³/mol. The van der Waals surface area contributed by atoms with Crippen molar-refractivity contribution in [2.45, 2.75) is 25.2 Å². The van der Waals surface area contributed by atoms with Gasteiger partial charge in [0.1, 0.15) is 0 Å². The third-order valence-electron chi connectivity index (χ3n) is 3.73. The molecule has 2 rings (SSSR count). The minimum Gasteiger partial charge on any atom is -0.493 e. The minimum atomic E-state index is 0.650. The Morgan fingerprint density at radius 3 is 2.50 bits per heavy atom. The van der Waals surface area contributed by atoms with Crippen LogP contribution in [0, 0.1) is 5.92 Å². The maximum absolute atomic E-state index is 5.39. The minimum absolute atomic E-state index is 0.650. The molecule has 1 aromatic rings. The average molecular weight is 249 g/mol. The first-order valence-corrected chi connectivity index (χ1v) is 6.66. The molecule has 0 aliphatic heterocycles. The summed E-state index contributed by atoms with van der Waals surface area (Å²) in [6.07, 6.45) is 3.92. The Morgan fingerprint density at radius 1 is 1.22 bits per heavy atom. The Kier molecular flexibility index (Phi) is 4.48. The van der Waals surface area contributed by atoms with Crippen LogP contribution in [-0.2, 0) is 0 Å². The van der Waals surface area contributed by atoms with E-state index in [0.29, 0.717) is 5.92 Å². The fourth-order valence-corrected chi connectivity index (χ4v) is 2.56. The van der Waals surface area contributed by atoms with E-state index in [4.69, 9.17) is 9.47 Å². The van der Waals surface area contributed by atoms with Crippen molar-refractivity contribution >= 4 is 0 Å². The standard InChI is InChI=1S/C15H23NO2/c1-16-9-8-13(11-4-5-11)12-6-7-14(17-2)15(10-12)18-3/h6-7,10-11,13,16H,4-5,8-9H2,1-3H3. The zero-order valence-corrected chi connectivity index (χ0v) is 11.5. The quantitative estimate of drug-likeness (QED) is 0.806. The molecule has 0 heterocycles. The van der Waals surface area contributed by atoms with Crippen molar-refractivity contribution in [1.82, 2.24) is 5.32 Å². The van der Waals surface area contributed by atoms with Crippen LogP contribution < -0.4 is 14.8 Å². The molecule has 1 aliphatic rings. The highest BCUT2D eigenvalue weighted by molar-refractivity contribution is 5.44. The topological polar surface area (TPSA) is 30.5 Å². The summed E-state index contributed by atoms with van der Waals surface area (Å²) >= 11 is 0.